The van der Waals surface area contributed by atoms with Gasteiger partial charge in [-0.05, 0) is 66.3 Å². The van der Waals surface area contributed by atoms with Crippen molar-refractivity contribution in [3.63, 3.8) is 0 Å². The monoisotopic (exact) mass is 585 g/mol. The number of aryl methyl sites for hydroxylation is 1. The van der Waals surface area contributed by atoms with E-state index in [1.165, 1.54) is 38.5 Å². The SMILES string of the molecule is Br.c1ccc(CNCc2ccc(CN(Cc3nc4ccccc4s3)C3CCCc4cccnc43)cc2)nc1. The van der Waals surface area contributed by atoms with Crippen LogP contribution in [0.2, 0.25) is 0 Å². The first-order valence-corrected chi connectivity index (χ1v) is 13.8. The van der Waals surface area contributed by atoms with Gasteiger partial charge in [0.25, 0.3) is 0 Å². The fraction of sp³-hybridized carbons (Fsp3) is 0.258. The van der Waals surface area contributed by atoms with Crippen molar-refractivity contribution in [2.45, 2.75) is 51.5 Å². The lowest BCUT2D eigenvalue weighted by atomic mass is 9.90. The Labute approximate surface area is 238 Å². The average Bonchev–Trinajstić information content (AvgIpc) is 3.36. The van der Waals surface area contributed by atoms with Crippen molar-refractivity contribution in [2.24, 2.45) is 0 Å². The number of aromatic nitrogens is 3. The van der Waals surface area contributed by atoms with E-state index in [9.17, 15) is 0 Å². The van der Waals surface area contributed by atoms with Crippen molar-refractivity contribution in [1.29, 1.82) is 0 Å². The Morgan fingerprint density at radius 2 is 1.63 bits per heavy atom. The number of thiazole rings is 1. The molecular weight excluding hydrogens is 554 g/mol. The minimum Gasteiger partial charge on any atom is -0.307 e. The van der Waals surface area contributed by atoms with Crippen LogP contribution >= 0.6 is 28.3 Å². The topological polar surface area (TPSA) is 53.9 Å². The molecule has 1 N–H and O–H groups in total. The molecule has 5 aromatic rings. The molecule has 1 aliphatic carbocycles. The third kappa shape index (κ3) is 6.35. The Morgan fingerprint density at radius 3 is 2.47 bits per heavy atom. The van der Waals surface area contributed by atoms with Crippen molar-refractivity contribution in [3.05, 3.63) is 124 Å². The summed E-state index contributed by atoms with van der Waals surface area (Å²) in [4.78, 5) is 16.8. The van der Waals surface area contributed by atoms with Crippen molar-refractivity contribution < 1.29 is 0 Å². The summed E-state index contributed by atoms with van der Waals surface area (Å²) in [5.74, 6) is 0. The van der Waals surface area contributed by atoms with E-state index in [4.69, 9.17) is 9.97 Å². The quantitative estimate of drug-likeness (QED) is 0.201. The Morgan fingerprint density at radius 1 is 0.816 bits per heavy atom. The minimum atomic E-state index is 0. The van der Waals surface area contributed by atoms with E-state index in [2.05, 4.69) is 75.9 Å². The zero-order valence-electron chi connectivity index (χ0n) is 21.3. The summed E-state index contributed by atoms with van der Waals surface area (Å²) in [6.45, 7) is 3.30. The van der Waals surface area contributed by atoms with E-state index in [1.807, 2.05) is 30.6 Å². The van der Waals surface area contributed by atoms with Gasteiger partial charge in [0.05, 0.1) is 34.2 Å². The van der Waals surface area contributed by atoms with Gasteiger partial charge in [0.15, 0.2) is 0 Å². The number of benzene rings is 2. The molecular formula is C31H32BrN5S. The van der Waals surface area contributed by atoms with Gasteiger partial charge in [-0.3, -0.25) is 14.9 Å². The molecule has 0 saturated carbocycles. The lowest BCUT2D eigenvalue weighted by Crippen LogP contribution is -2.31. The Kier molecular flexibility index (Phi) is 8.91. The second-order valence-corrected chi connectivity index (χ2v) is 10.8. The van der Waals surface area contributed by atoms with Gasteiger partial charge in [-0.1, -0.05) is 48.5 Å². The van der Waals surface area contributed by atoms with E-state index in [0.717, 1.165) is 50.2 Å². The van der Waals surface area contributed by atoms with Gasteiger partial charge in [-0.15, -0.1) is 28.3 Å². The predicted octanol–water partition coefficient (Wildman–Crippen LogP) is 7.03. The third-order valence-corrected chi connectivity index (χ3v) is 8.07. The molecule has 3 aromatic heterocycles. The summed E-state index contributed by atoms with van der Waals surface area (Å²) in [7, 11) is 0. The van der Waals surface area contributed by atoms with Gasteiger partial charge >= 0.3 is 0 Å². The highest BCUT2D eigenvalue weighted by Gasteiger charge is 2.28. The van der Waals surface area contributed by atoms with Crippen LogP contribution in [-0.2, 0) is 32.6 Å². The minimum absolute atomic E-state index is 0. The van der Waals surface area contributed by atoms with Gasteiger partial charge in [-0.25, -0.2) is 4.98 Å². The molecule has 38 heavy (non-hydrogen) atoms. The van der Waals surface area contributed by atoms with Crippen LogP contribution in [0, 0.1) is 0 Å². The second-order valence-electron chi connectivity index (χ2n) is 9.68. The molecule has 1 unspecified atom stereocenters. The molecule has 0 bridgehead atoms. The highest BCUT2D eigenvalue weighted by atomic mass is 79.9. The molecule has 0 radical (unpaired) electrons. The molecule has 2 aromatic carbocycles. The number of fused-ring (bicyclic) bond motifs is 2. The van der Waals surface area contributed by atoms with Crippen LogP contribution in [0.1, 0.15) is 52.0 Å². The van der Waals surface area contributed by atoms with E-state index in [0.29, 0.717) is 6.04 Å². The molecule has 3 heterocycles. The number of pyridine rings is 2. The lowest BCUT2D eigenvalue weighted by Gasteiger charge is -2.34. The number of nitrogens with zero attached hydrogens (tertiary/aromatic N) is 4. The zero-order valence-corrected chi connectivity index (χ0v) is 23.8. The van der Waals surface area contributed by atoms with Crippen molar-refractivity contribution in [2.75, 3.05) is 0 Å². The molecule has 0 amide bonds. The highest BCUT2D eigenvalue weighted by Crippen LogP contribution is 2.35. The number of hydrogen-bond donors (Lipinski definition) is 1. The summed E-state index contributed by atoms with van der Waals surface area (Å²) in [6, 6.07) is 28.1. The van der Waals surface area contributed by atoms with Crippen LogP contribution < -0.4 is 5.32 Å². The zero-order chi connectivity index (χ0) is 24.9. The Hall–Kier alpha value is -2.97. The molecule has 6 rings (SSSR count). The molecule has 1 atom stereocenters. The fourth-order valence-corrected chi connectivity index (χ4v) is 6.21. The highest BCUT2D eigenvalue weighted by molar-refractivity contribution is 8.93. The van der Waals surface area contributed by atoms with E-state index >= 15 is 0 Å². The normalized spacial score (nSPS) is 14.8. The van der Waals surface area contributed by atoms with Crippen LogP contribution in [0.25, 0.3) is 10.2 Å². The molecule has 5 nitrogen and oxygen atoms in total. The molecule has 0 saturated heterocycles. The molecule has 194 valence electrons. The number of hydrogen-bond acceptors (Lipinski definition) is 6. The Balaban J connectivity index is 0.00000294. The van der Waals surface area contributed by atoms with Crippen LogP contribution in [0.4, 0.5) is 0 Å². The van der Waals surface area contributed by atoms with Crippen LogP contribution in [0.3, 0.4) is 0 Å². The number of rotatable bonds is 9. The van der Waals surface area contributed by atoms with Crippen molar-refractivity contribution >= 4 is 38.5 Å². The molecule has 1 aliphatic rings. The van der Waals surface area contributed by atoms with Crippen LogP contribution in [0.15, 0.2) is 91.3 Å². The summed E-state index contributed by atoms with van der Waals surface area (Å²) in [6.07, 6.45) is 7.23. The van der Waals surface area contributed by atoms with E-state index in [1.54, 1.807) is 11.3 Å². The maximum absolute atomic E-state index is 4.96. The summed E-state index contributed by atoms with van der Waals surface area (Å²) < 4.78 is 1.25. The van der Waals surface area contributed by atoms with Crippen LogP contribution in [0.5, 0.6) is 0 Å². The van der Waals surface area contributed by atoms with Gasteiger partial charge in [0.1, 0.15) is 5.01 Å². The van der Waals surface area contributed by atoms with Gasteiger partial charge in [-0.2, -0.15) is 0 Å². The number of para-hydroxylation sites is 1. The number of halogens is 1. The lowest BCUT2D eigenvalue weighted by molar-refractivity contribution is 0.157. The van der Waals surface area contributed by atoms with Gasteiger partial charge in [0, 0.05) is 32.0 Å². The standard InChI is InChI=1S/C31H31N5S.BrH/c1-2-12-29-27(10-1)35-30(37-29)22-36(28-11-5-7-25-8-6-18-34-31(25)28)21-24-15-13-23(14-16-24)19-32-20-26-9-3-4-17-33-26;/h1-4,6,8-10,12-18,28,32H,5,7,11,19-22H2;1H. The fourth-order valence-electron chi connectivity index (χ4n) is 5.21. The smallest absolute Gasteiger partial charge is 0.108 e. The summed E-state index contributed by atoms with van der Waals surface area (Å²) in [5.41, 5.74) is 7.38. The second kappa shape index (κ2) is 12.7. The Bertz CT molecular complexity index is 1420. The van der Waals surface area contributed by atoms with E-state index in [-0.39, 0.29) is 17.0 Å². The van der Waals surface area contributed by atoms with Crippen molar-refractivity contribution in [3.8, 4) is 0 Å². The van der Waals surface area contributed by atoms with Crippen LogP contribution in [-0.4, -0.2) is 19.9 Å². The molecule has 0 fully saturated rings. The first kappa shape index (κ1) is 26.6. The van der Waals surface area contributed by atoms with Gasteiger partial charge in [0.2, 0.25) is 0 Å². The number of nitrogens with one attached hydrogen (secondary N) is 1. The summed E-state index contributed by atoms with van der Waals surface area (Å²) >= 11 is 1.80. The molecule has 7 heteroatoms. The van der Waals surface area contributed by atoms with E-state index < -0.39 is 0 Å². The maximum atomic E-state index is 4.96. The molecule has 0 aliphatic heterocycles. The predicted molar refractivity (Wildman–Crippen MR) is 160 cm³/mol. The molecule has 0 spiro atoms. The van der Waals surface area contributed by atoms with Crippen molar-refractivity contribution in [1.82, 2.24) is 25.2 Å². The van der Waals surface area contributed by atoms with Gasteiger partial charge < -0.3 is 5.32 Å². The average molecular weight is 587 g/mol. The summed E-state index contributed by atoms with van der Waals surface area (Å²) in [5, 5.41) is 4.66. The maximum Gasteiger partial charge on any atom is 0.108 e. The first-order valence-electron chi connectivity index (χ1n) is 13.0. The third-order valence-electron chi connectivity index (χ3n) is 7.05. The first-order chi connectivity index (χ1) is 18.3. The largest absolute Gasteiger partial charge is 0.307 e.